The van der Waals surface area contributed by atoms with Gasteiger partial charge in [0.05, 0.1) is 5.92 Å². The molecule has 1 saturated heterocycles. The lowest BCUT2D eigenvalue weighted by Gasteiger charge is -2.39. The maximum atomic E-state index is 12.7. The minimum Gasteiger partial charge on any atom is -0.300 e. The molecular weight excluding hydrogens is 215 g/mol. The van der Waals surface area contributed by atoms with Crippen LogP contribution in [0.2, 0.25) is 0 Å². The zero-order valence-corrected chi connectivity index (χ0v) is 9.60. The van der Waals surface area contributed by atoms with Crippen molar-refractivity contribution in [1.29, 1.82) is 0 Å². The topological polar surface area (TPSA) is 3.24 Å². The summed E-state index contributed by atoms with van der Waals surface area (Å²) in [6, 6.07) is 0.195. The Morgan fingerprint density at radius 2 is 1.56 bits per heavy atom. The molecule has 16 heavy (non-hydrogen) atoms. The second-order valence-corrected chi connectivity index (χ2v) is 5.16. The molecule has 4 heteroatoms. The van der Waals surface area contributed by atoms with E-state index in [0.717, 1.165) is 38.8 Å². The monoisotopic (exact) mass is 235 g/mol. The molecule has 94 valence electrons. The van der Waals surface area contributed by atoms with Gasteiger partial charge in [-0.2, -0.15) is 13.2 Å². The van der Waals surface area contributed by atoms with Crippen molar-refractivity contribution in [3.05, 3.63) is 0 Å². The van der Waals surface area contributed by atoms with Crippen molar-refractivity contribution in [1.82, 2.24) is 4.90 Å². The van der Waals surface area contributed by atoms with Gasteiger partial charge in [-0.05, 0) is 45.2 Å². The highest BCUT2D eigenvalue weighted by Gasteiger charge is 2.43. The van der Waals surface area contributed by atoms with E-state index in [0.29, 0.717) is 12.8 Å². The number of likely N-dealkylation sites (tertiary alicyclic amines) is 1. The van der Waals surface area contributed by atoms with Crippen LogP contribution in [-0.2, 0) is 0 Å². The quantitative estimate of drug-likeness (QED) is 0.671. The van der Waals surface area contributed by atoms with E-state index in [1.807, 2.05) is 0 Å². The molecule has 1 saturated carbocycles. The summed E-state index contributed by atoms with van der Waals surface area (Å²) < 4.78 is 38.0. The molecule has 0 amide bonds. The summed E-state index contributed by atoms with van der Waals surface area (Å²) in [6.07, 6.45) is 1.97. The Bertz CT molecular complexity index is 221. The van der Waals surface area contributed by atoms with Crippen LogP contribution in [0.15, 0.2) is 0 Å². The molecule has 1 aliphatic heterocycles. The van der Waals surface area contributed by atoms with Crippen LogP contribution in [-0.4, -0.2) is 30.2 Å². The maximum absolute atomic E-state index is 12.7. The molecule has 0 aromatic heterocycles. The van der Waals surface area contributed by atoms with Gasteiger partial charge in [-0.3, -0.25) is 0 Å². The Labute approximate surface area is 95.0 Å². The minimum atomic E-state index is -3.98. The lowest BCUT2D eigenvalue weighted by molar-refractivity contribution is -0.187. The Hall–Kier alpha value is -0.250. The van der Waals surface area contributed by atoms with Gasteiger partial charge in [0.25, 0.3) is 0 Å². The van der Waals surface area contributed by atoms with Crippen LogP contribution in [0.1, 0.15) is 44.9 Å². The molecule has 2 unspecified atom stereocenters. The average Bonchev–Trinajstić information content (AvgIpc) is 2.29. The number of nitrogens with zero attached hydrogens (tertiary/aromatic N) is 1. The summed E-state index contributed by atoms with van der Waals surface area (Å²) in [4.78, 5) is 2.29. The molecule has 1 aliphatic carbocycles. The highest BCUT2D eigenvalue weighted by atomic mass is 19.4. The van der Waals surface area contributed by atoms with Gasteiger partial charge in [0, 0.05) is 6.04 Å². The van der Waals surface area contributed by atoms with Crippen molar-refractivity contribution in [2.45, 2.75) is 57.2 Å². The molecule has 2 atom stereocenters. The van der Waals surface area contributed by atoms with E-state index in [1.165, 1.54) is 6.42 Å². The molecule has 1 nitrogen and oxygen atoms in total. The summed E-state index contributed by atoms with van der Waals surface area (Å²) >= 11 is 0. The SMILES string of the molecule is FC(F)(F)C1CCCC(N2CCCCC2)C1. The van der Waals surface area contributed by atoms with Gasteiger partial charge >= 0.3 is 6.18 Å². The average molecular weight is 235 g/mol. The standard InChI is InChI=1S/C12H20F3N/c13-12(14,15)10-5-4-6-11(9-10)16-7-2-1-3-8-16/h10-11H,1-9H2. The minimum absolute atomic E-state index is 0.195. The van der Waals surface area contributed by atoms with E-state index in [-0.39, 0.29) is 6.04 Å². The first-order valence-corrected chi connectivity index (χ1v) is 6.38. The Morgan fingerprint density at radius 1 is 0.875 bits per heavy atom. The maximum Gasteiger partial charge on any atom is 0.391 e. The van der Waals surface area contributed by atoms with E-state index in [1.54, 1.807) is 0 Å². The van der Waals surface area contributed by atoms with E-state index >= 15 is 0 Å². The van der Waals surface area contributed by atoms with E-state index in [4.69, 9.17) is 0 Å². The molecule has 0 spiro atoms. The highest BCUT2D eigenvalue weighted by molar-refractivity contribution is 4.84. The Balaban J connectivity index is 1.90. The van der Waals surface area contributed by atoms with Crippen LogP contribution in [0.5, 0.6) is 0 Å². The number of alkyl halides is 3. The molecule has 1 heterocycles. The molecule has 2 fully saturated rings. The van der Waals surface area contributed by atoms with Crippen LogP contribution in [0.4, 0.5) is 13.2 Å². The van der Waals surface area contributed by atoms with Gasteiger partial charge in [0.2, 0.25) is 0 Å². The lowest BCUT2D eigenvalue weighted by Crippen LogP contribution is -2.44. The summed E-state index contributed by atoms with van der Waals surface area (Å²) in [5.74, 6) is -1.05. The van der Waals surface area contributed by atoms with Crippen LogP contribution in [0.25, 0.3) is 0 Å². The summed E-state index contributed by atoms with van der Waals surface area (Å²) in [6.45, 7) is 2.02. The van der Waals surface area contributed by atoms with Crippen LogP contribution >= 0.6 is 0 Å². The van der Waals surface area contributed by atoms with Crippen molar-refractivity contribution >= 4 is 0 Å². The van der Waals surface area contributed by atoms with Crippen molar-refractivity contribution < 1.29 is 13.2 Å². The number of hydrogen-bond acceptors (Lipinski definition) is 1. The van der Waals surface area contributed by atoms with Crippen molar-refractivity contribution in [2.75, 3.05) is 13.1 Å². The summed E-state index contributed by atoms with van der Waals surface area (Å²) in [5, 5.41) is 0. The third kappa shape index (κ3) is 2.90. The number of hydrogen-bond donors (Lipinski definition) is 0. The smallest absolute Gasteiger partial charge is 0.300 e. The molecule has 2 aliphatic rings. The highest BCUT2D eigenvalue weighted by Crippen LogP contribution is 2.39. The van der Waals surface area contributed by atoms with Gasteiger partial charge < -0.3 is 4.90 Å². The molecule has 0 bridgehead atoms. The van der Waals surface area contributed by atoms with Crippen LogP contribution in [0.3, 0.4) is 0 Å². The number of piperidine rings is 1. The largest absolute Gasteiger partial charge is 0.391 e. The van der Waals surface area contributed by atoms with E-state index < -0.39 is 12.1 Å². The van der Waals surface area contributed by atoms with Crippen molar-refractivity contribution in [3.8, 4) is 0 Å². The van der Waals surface area contributed by atoms with Crippen molar-refractivity contribution in [3.63, 3.8) is 0 Å². The van der Waals surface area contributed by atoms with Crippen molar-refractivity contribution in [2.24, 2.45) is 5.92 Å². The molecule has 0 radical (unpaired) electrons. The van der Waals surface area contributed by atoms with E-state index in [2.05, 4.69) is 4.90 Å². The molecule has 0 aromatic carbocycles. The summed E-state index contributed by atoms with van der Waals surface area (Å²) in [7, 11) is 0. The number of halogens is 3. The number of rotatable bonds is 1. The Kier molecular flexibility index (Phi) is 3.77. The molecule has 0 N–H and O–H groups in total. The fourth-order valence-electron chi connectivity index (χ4n) is 3.08. The third-order valence-electron chi connectivity index (χ3n) is 4.02. The Morgan fingerprint density at radius 3 is 2.19 bits per heavy atom. The molecular formula is C12H20F3N. The molecule has 0 aromatic rings. The lowest BCUT2D eigenvalue weighted by atomic mass is 9.84. The predicted octanol–water partition coefficient (Wildman–Crippen LogP) is 3.59. The van der Waals surface area contributed by atoms with Gasteiger partial charge in [-0.15, -0.1) is 0 Å². The predicted molar refractivity (Wildman–Crippen MR) is 57.2 cm³/mol. The second-order valence-electron chi connectivity index (χ2n) is 5.16. The van der Waals surface area contributed by atoms with Crippen LogP contribution < -0.4 is 0 Å². The second kappa shape index (κ2) is 4.94. The fraction of sp³-hybridized carbons (Fsp3) is 1.00. The first-order valence-electron chi connectivity index (χ1n) is 6.38. The zero-order valence-electron chi connectivity index (χ0n) is 9.60. The summed E-state index contributed by atoms with van der Waals surface area (Å²) in [5.41, 5.74) is 0. The van der Waals surface area contributed by atoms with Gasteiger partial charge in [-0.1, -0.05) is 12.8 Å². The zero-order chi connectivity index (χ0) is 11.6. The first-order chi connectivity index (χ1) is 7.57. The fourth-order valence-corrected chi connectivity index (χ4v) is 3.08. The first kappa shape index (κ1) is 12.2. The van der Waals surface area contributed by atoms with Crippen LogP contribution in [0, 0.1) is 5.92 Å². The van der Waals surface area contributed by atoms with Gasteiger partial charge in [0.15, 0.2) is 0 Å². The van der Waals surface area contributed by atoms with Gasteiger partial charge in [0.1, 0.15) is 0 Å². The normalized spacial score (nSPS) is 33.9. The van der Waals surface area contributed by atoms with E-state index in [9.17, 15) is 13.2 Å². The third-order valence-corrected chi connectivity index (χ3v) is 4.02. The van der Waals surface area contributed by atoms with Gasteiger partial charge in [-0.25, -0.2) is 0 Å². The molecule has 2 rings (SSSR count).